The van der Waals surface area contributed by atoms with Crippen LogP contribution in [0.4, 0.5) is 10.5 Å². The zero-order valence-electron chi connectivity index (χ0n) is 13.6. The van der Waals surface area contributed by atoms with Crippen LogP contribution in [-0.2, 0) is 17.1 Å². The monoisotopic (exact) mass is 350 g/mol. The molecule has 0 aliphatic heterocycles. The Kier molecular flexibility index (Phi) is 6.06. The lowest BCUT2D eigenvalue weighted by molar-refractivity contribution is 0.155. The Bertz CT molecular complexity index is 810. The molecule has 0 saturated heterocycles. The summed E-state index contributed by atoms with van der Waals surface area (Å²) in [5.41, 5.74) is 2.85. The first kappa shape index (κ1) is 17.0. The molecule has 2 aromatic carbocycles. The maximum atomic E-state index is 11.9. The molecule has 0 saturated carbocycles. The van der Waals surface area contributed by atoms with Gasteiger partial charge in [0, 0.05) is 17.6 Å². The lowest BCUT2D eigenvalue weighted by Crippen LogP contribution is -2.13. The molecule has 0 bridgehead atoms. The van der Waals surface area contributed by atoms with Crippen LogP contribution >= 0.6 is 11.8 Å². The second-order valence-electron chi connectivity index (χ2n) is 5.34. The van der Waals surface area contributed by atoms with Crippen molar-refractivity contribution in [3.63, 3.8) is 0 Å². The third kappa shape index (κ3) is 5.65. The number of aromatic nitrogens is 1. The number of hydrogen-bond acceptors (Lipinski definition) is 4. The smallest absolute Gasteiger partial charge is 0.411 e. The average molecular weight is 350 g/mol. The molecule has 1 N–H and O–H groups in total. The van der Waals surface area contributed by atoms with Gasteiger partial charge in [-0.1, -0.05) is 60.7 Å². The molecular weight excluding hydrogens is 332 g/mol. The normalized spacial score (nSPS) is 10.2. The molecule has 3 aromatic rings. The summed E-state index contributed by atoms with van der Waals surface area (Å²) in [6.07, 6.45) is 1.20. The maximum absolute atomic E-state index is 11.9. The van der Waals surface area contributed by atoms with Crippen molar-refractivity contribution in [2.45, 2.75) is 17.4 Å². The van der Waals surface area contributed by atoms with Crippen LogP contribution in [0.15, 0.2) is 84.0 Å². The predicted octanol–water partition coefficient (Wildman–Crippen LogP) is 5.12. The van der Waals surface area contributed by atoms with Gasteiger partial charge in [0.05, 0.1) is 5.03 Å². The Morgan fingerprint density at radius 2 is 1.64 bits per heavy atom. The van der Waals surface area contributed by atoms with E-state index in [-0.39, 0.29) is 6.61 Å². The zero-order valence-corrected chi connectivity index (χ0v) is 14.4. The third-order valence-electron chi connectivity index (χ3n) is 3.42. The van der Waals surface area contributed by atoms with Crippen LogP contribution in [0.1, 0.15) is 11.1 Å². The molecule has 4 nitrogen and oxygen atoms in total. The minimum absolute atomic E-state index is 0.243. The number of amides is 1. The number of benzene rings is 2. The van der Waals surface area contributed by atoms with Crippen molar-refractivity contribution < 1.29 is 9.53 Å². The Hall–Kier alpha value is -2.79. The Labute approximate surface area is 151 Å². The van der Waals surface area contributed by atoms with Crippen molar-refractivity contribution in [1.29, 1.82) is 0 Å². The summed E-state index contributed by atoms with van der Waals surface area (Å²) < 4.78 is 5.22. The summed E-state index contributed by atoms with van der Waals surface area (Å²) in [7, 11) is 0. The number of rotatable bonds is 6. The quantitative estimate of drug-likeness (QED) is 0.627. The maximum Gasteiger partial charge on any atom is 0.411 e. The van der Waals surface area contributed by atoms with Crippen molar-refractivity contribution in [1.82, 2.24) is 4.98 Å². The summed E-state index contributed by atoms with van der Waals surface area (Å²) in [5.74, 6) is 0.829. The highest BCUT2D eigenvalue weighted by Crippen LogP contribution is 2.23. The molecule has 0 spiro atoms. The Balaban J connectivity index is 1.51. The fourth-order valence-corrected chi connectivity index (χ4v) is 3.03. The lowest BCUT2D eigenvalue weighted by atomic mass is 10.2. The molecule has 25 heavy (non-hydrogen) atoms. The highest BCUT2D eigenvalue weighted by atomic mass is 32.2. The van der Waals surface area contributed by atoms with Crippen molar-refractivity contribution in [2.24, 2.45) is 0 Å². The van der Waals surface area contributed by atoms with Crippen LogP contribution in [0.3, 0.4) is 0 Å². The number of nitrogens with one attached hydrogen (secondary N) is 1. The zero-order chi connectivity index (χ0) is 17.3. The van der Waals surface area contributed by atoms with Crippen molar-refractivity contribution in [3.05, 3.63) is 90.1 Å². The van der Waals surface area contributed by atoms with Gasteiger partial charge in [0.15, 0.2) is 0 Å². The SMILES string of the molecule is O=C(Nc1ccnc(SCc2ccccc2)c1)OCc1ccccc1. The number of ether oxygens (including phenoxy) is 1. The molecule has 5 heteroatoms. The molecule has 0 atom stereocenters. The van der Waals surface area contributed by atoms with Gasteiger partial charge in [-0.05, 0) is 23.3 Å². The Morgan fingerprint density at radius 1 is 0.960 bits per heavy atom. The largest absolute Gasteiger partial charge is 0.444 e. The third-order valence-corrected chi connectivity index (χ3v) is 4.42. The van der Waals surface area contributed by atoms with Gasteiger partial charge in [0.1, 0.15) is 6.61 Å². The van der Waals surface area contributed by atoms with E-state index in [4.69, 9.17) is 4.74 Å². The summed E-state index contributed by atoms with van der Waals surface area (Å²) in [5, 5.41) is 3.59. The lowest BCUT2D eigenvalue weighted by Gasteiger charge is -2.08. The Morgan fingerprint density at radius 3 is 2.36 bits per heavy atom. The van der Waals surface area contributed by atoms with Crippen LogP contribution in [-0.4, -0.2) is 11.1 Å². The molecule has 0 aliphatic rings. The molecule has 0 unspecified atom stereocenters. The van der Waals surface area contributed by atoms with E-state index in [1.807, 2.05) is 54.6 Å². The summed E-state index contributed by atoms with van der Waals surface area (Å²) in [4.78, 5) is 16.2. The minimum atomic E-state index is -0.478. The van der Waals surface area contributed by atoms with Crippen molar-refractivity contribution >= 4 is 23.5 Å². The van der Waals surface area contributed by atoms with E-state index in [9.17, 15) is 4.79 Å². The number of carbonyl (C=O) groups excluding carboxylic acids is 1. The number of carbonyl (C=O) groups is 1. The van der Waals surface area contributed by atoms with Crippen molar-refractivity contribution in [3.8, 4) is 0 Å². The van der Waals surface area contributed by atoms with Crippen LogP contribution in [0.5, 0.6) is 0 Å². The van der Waals surface area contributed by atoms with E-state index in [0.29, 0.717) is 5.69 Å². The number of hydrogen-bond donors (Lipinski definition) is 1. The highest BCUT2D eigenvalue weighted by molar-refractivity contribution is 7.98. The molecule has 0 radical (unpaired) electrons. The van der Waals surface area contributed by atoms with Gasteiger partial charge < -0.3 is 4.74 Å². The van der Waals surface area contributed by atoms with Gasteiger partial charge in [-0.25, -0.2) is 9.78 Å². The minimum Gasteiger partial charge on any atom is -0.444 e. The first-order chi connectivity index (χ1) is 12.3. The molecule has 1 amide bonds. The number of pyridine rings is 1. The molecule has 0 fully saturated rings. The molecule has 126 valence electrons. The summed E-state index contributed by atoms with van der Waals surface area (Å²) >= 11 is 1.62. The van der Waals surface area contributed by atoms with E-state index in [1.54, 1.807) is 24.0 Å². The molecule has 3 rings (SSSR count). The van der Waals surface area contributed by atoms with Gasteiger partial charge in [-0.3, -0.25) is 5.32 Å². The summed E-state index contributed by atoms with van der Waals surface area (Å²) in [6.45, 7) is 0.243. The standard InChI is InChI=1S/C20H18N2O2S/c23-20(24-14-16-7-3-1-4-8-16)22-18-11-12-21-19(13-18)25-15-17-9-5-2-6-10-17/h1-13H,14-15H2,(H,21,22,23). The summed E-state index contributed by atoms with van der Waals surface area (Å²) in [6, 6.07) is 23.4. The van der Waals surface area contributed by atoms with E-state index in [2.05, 4.69) is 22.4 Å². The van der Waals surface area contributed by atoms with Gasteiger partial charge in [0.25, 0.3) is 0 Å². The predicted molar refractivity (Wildman–Crippen MR) is 100 cm³/mol. The topological polar surface area (TPSA) is 51.2 Å². The molecule has 1 aromatic heterocycles. The molecule has 0 aliphatic carbocycles. The van der Waals surface area contributed by atoms with E-state index in [0.717, 1.165) is 16.3 Å². The molecular formula is C20H18N2O2S. The van der Waals surface area contributed by atoms with E-state index in [1.165, 1.54) is 5.56 Å². The van der Waals surface area contributed by atoms with E-state index >= 15 is 0 Å². The second kappa shape index (κ2) is 8.89. The first-order valence-electron chi connectivity index (χ1n) is 7.90. The van der Waals surface area contributed by atoms with Gasteiger partial charge in [0.2, 0.25) is 0 Å². The second-order valence-corrected chi connectivity index (χ2v) is 6.34. The van der Waals surface area contributed by atoms with Crippen LogP contribution in [0.25, 0.3) is 0 Å². The molecule has 1 heterocycles. The van der Waals surface area contributed by atoms with Gasteiger partial charge in [-0.2, -0.15) is 0 Å². The fourth-order valence-electron chi connectivity index (χ4n) is 2.17. The number of nitrogens with zero attached hydrogens (tertiary/aromatic N) is 1. The van der Waals surface area contributed by atoms with Gasteiger partial charge in [-0.15, -0.1) is 11.8 Å². The average Bonchev–Trinajstić information content (AvgIpc) is 2.67. The van der Waals surface area contributed by atoms with Gasteiger partial charge >= 0.3 is 6.09 Å². The van der Waals surface area contributed by atoms with Crippen LogP contribution < -0.4 is 5.32 Å². The number of thioether (sulfide) groups is 1. The van der Waals surface area contributed by atoms with E-state index < -0.39 is 6.09 Å². The number of anilines is 1. The first-order valence-corrected chi connectivity index (χ1v) is 8.88. The van der Waals surface area contributed by atoms with Crippen LogP contribution in [0, 0.1) is 0 Å². The fraction of sp³-hybridized carbons (Fsp3) is 0.100. The highest BCUT2D eigenvalue weighted by Gasteiger charge is 2.05. The van der Waals surface area contributed by atoms with Crippen LogP contribution in [0.2, 0.25) is 0 Å². The van der Waals surface area contributed by atoms with Crippen molar-refractivity contribution in [2.75, 3.05) is 5.32 Å².